The molecule has 0 bridgehead atoms. The van der Waals surface area contributed by atoms with Crippen molar-refractivity contribution in [1.29, 1.82) is 0 Å². The van der Waals surface area contributed by atoms with E-state index in [2.05, 4.69) is 4.90 Å². The number of rotatable bonds is 2. The maximum absolute atomic E-state index is 13.6. The van der Waals surface area contributed by atoms with E-state index in [1.54, 1.807) is 4.90 Å². The van der Waals surface area contributed by atoms with Gasteiger partial charge in [-0.25, -0.2) is 4.39 Å². The molecule has 19 heavy (non-hydrogen) atoms. The van der Waals surface area contributed by atoms with Crippen molar-refractivity contribution in [1.82, 2.24) is 9.80 Å². The number of benzene rings is 1. The van der Waals surface area contributed by atoms with Crippen LogP contribution in [-0.2, 0) is 0 Å². The van der Waals surface area contributed by atoms with Gasteiger partial charge in [0, 0.05) is 25.2 Å². The number of carbonyl (C=O) groups excluding carboxylic acids is 1. The summed E-state index contributed by atoms with van der Waals surface area (Å²) < 4.78 is 13.6. The standard InChI is InChI=1S/C14H19FN2O2/c1-16(2)10-5-7-17(8-6-10)14(19)12-4-3-11(18)9-13(12)15/h3-4,9-10,18H,5-8H2,1-2H3. The third kappa shape index (κ3) is 3.04. The van der Waals surface area contributed by atoms with Crippen LogP contribution in [0.1, 0.15) is 23.2 Å². The first kappa shape index (κ1) is 13.8. The Bertz CT molecular complexity index is 469. The van der Waals surface area contributed by atoms with Crippen LogP contribution in [-0.4, -0.2) is 54.0 Å². The minimum absolute atomic E-state index is 0.0288. The minimum atomic E-state index is -0.667. The molecule has 1 amide bonds. The zero-order chi connectivity index (χ0) is 14.0. The van der Waals surface area contributed by atoms with E-state index < -0.39 is 5.82 Å². The van der Waals surface area contributed by atoms with E-state index in [4.69, 9.17) is 5.11 Å². The van der Waals surface area contributed by atoms with Gasteiger partial charge in [0.25, 0.3) is 5.91 Å². The number of carbonyl (C=O) groups is 1. The van der Waals surface area contributed by atoms with E-state index in [1.807, 2.05) is 14.1 Å². The van der Waals surface area contributed by atoms with Crippen LogP contribution in [0.15, 0.2) is 18.2 Å². The molecule has 1 aliphatic rings. The fourth-order valence-electron chi connectivity index (χ4n) is 2.43. The van der Waals surface area contributed by atoms with Crippen LogP contribution in [0.3, 0.4) is 0 Å². The summed E-state index contributed by atoms with van der Waals surface area (Å²) in [6.07, 6.45) is 1.80. The number of nitrogens with zero attached hydrogens (tertiary/aromatic N) is 2. The van der Waals surface area contributed by atoms with E-state index in [0.29, 0.717) is 19.1 Å². The average molecular weight is 266 g/mol. The van der Waals surface area contributed by atoms with E-state index in [1.165, 1.54) is 12.1 Å². The largest absolute Gasteiger partial charge is 0.508 e. The molecule has 1 heterocycles. The van der Waals surface area contributed by atoms with E-state index in [-0.39, 0.29) is 17.2 Å². The quantitative estimate of drug-likeness (QED) is 0.886. The van der Waals surface area contributed by atoms with E-state index in [0.717, 1.165) is 18.9 Å². The lowest BCUT2D eigenvalue weighted by atomic mass is 10.0. The number of phenolic OH excluding ortho intramolecular Hbond substituents is 1. The topological polar surface area (TPSA) is 43.8 Å². The summed E-state index contributed by atoms with van der Waals surface area (Å²) in [7, 11) is 4.06. The predicted molar refractivity (Wildman–Crippen MR) is 70.7 cm³/mol. The Labute approximate surface area is 112 Å². The Morgan fingerprint density at radius 3 is 2.53 bits per heavy atom. The van der Waals surface area contributed by atoms with Gasteiger partial charge < -0.3 is 14.9 Å². The second-order valence-corrected chi connectivity index (χ2v) is 5.15. The molecule has 1 aromatic carbocycles. The van der Waals surface area contributed by atoms with Gasteiger partial charge in [-0.05, 0) is 39.1 Å². The van der Waals surface area contributed by atoms with Crippen LogP contribution in [0.5, 0.6) is 5.75 Å². The molecule has 0 saturated carbocycles. The summed E-state index contributed by atoms with van der Waals surface area (Å²) in [4.78, 5) is 16.0. The fourth-order valence-corrected chi connectivity index (χ4v) is 2.43. The highest BCUT2D eigenvalue weighted by Gasteiger charge is 2.26. The van der Waals surface area contributed by atoms with E-state index >= 15 is 0 Å². The van der Waals surface area contributed by atoms with Crippen molar-refractivity contribution in [3.63, 3.8) is 0 Å². The van der Waals surface area contributed by atoms with Crippen LogP contribution in [0, 0.1) is 5.82 Å². The molecular formula is C14H19FN2O2. The summed E-state index contributed by atoms with van der Waals surface area (Å²) in [5.41, 5.74) is 0.0288. The molecule has 5 heteroatoms. The number of hydrogen-bond acceptors (Lipinski definition) is 3. The van der Waals surface area contributed by atoms with Gasteiger partial charge in [-0.3, -0.25) is 4.79 Å². The highest BCUT2D eigenvalue weighted by atomic mass is 19.1. The number of piperidine rings is 1. The number of aromatic hydroxyl groups is 1. The normalized spacial score (nSPS) is 16.9. The van der Waals surface area contributed by atoms with Crippen LogP contribution >= 0.6 is 0 Å². The molecule has 0 radical (unpaired) electrons. The van der Waals surface area contributed by atoms with Crippen molar-refractivity contribution < 1.29 is 14.3 Å². The van der Waals surface area contributed by atoms with Crippen molar-refractivity contribution in [3.8, 4) is 5.75 Å². The third-order valence-electron chi connectivity index (χ3n) is 3.67. The Morgan fingerprint density at radius 2 is 2.00 bits per heavy atom. The molecule has 0 aliphatic carbocycles. The van der Waals surface area contributed by atoms with Crippen molar-refractivity contribution >= 4 is 5.91 Å². The maximum Gasteiger partial charge on any atom is 0.256 e. The third-order valence-corrected chi connectivity index (χ3v) is 3.67. The molecule has 1 aliphatic heterocycles. The fraction of sp³-hybridized carbons (Fsp3) is 0.500. The van der Waals surface area contributed by atoms with Crippen molar-refractivity contribution in [2.24, 2.45) is 0 Å². The smallest absolute Gasteiger partial charge is 0.256 e. The van der Waals surface area contributed by atoms with Crippen molar-refractivity contribution in [2.75, 3.05) is 27.2 Å². The Balaban J connectivity index is 2.05. The zero-order valence-electron chi connectivity index (χ0n) is 11.3. The molecule has 0 spiro atoms. The molecule has 1 saturated heterocycles. The lowest BCUT2D eigenvalue weighted by Crippen LogP contribution is -2.44. The monoisotopic (exact) mass is 266 g/mol. The first-order valence-corrected chi connectivity index (χ1v) is 6.43. The molecule has 4 nitrogen and oxygen atoms in total. The molecule has 2 rings (SSSR count). The van der Waals surface area contributed by atoms with Gasteiger partial charge in [0.1, 0.15) is 11.6 Å². The van der Waals surface area contributed by atoms with E-state index in [9.17, 15) is 9.18 Å². The Kier molecular flexibility index (Phi) is 4.04. The summed E-state index contributed by atoms with van der Waals surface area (Å²) in [5, 5.41) is 9.15. The first-order chi connectivity index (χ1) is 8.99. The molecule has 1 aromatic rings. The molecule has 0 unspecified atom stereocenters. The maximum atomic E-state index is 13.6. The summed E-state index contributed by atoms with van der Waals surface area (Å²) in [5.74, 6) is -1.13. The number of amides is 1. The first-order valence-electron chi connectivity index (χ1n) is 6.43. The zero-order valence-corrected chi connectivity index (χ0v) is 11.3. The van der Waals surface area contributed by atoms with Gasteiger partial charge in [-0.2, -0.15) is 0 Å². The summed E-state index contributed by atoms with van der Waals surface area (Å²) in [6.45, 7) is 1.28. The summed E-state index contributed by atoms with van der Waals surface area (Å²) >= 11 is 0. The number of halogens is 1. The minimum Gasteiger partial charge on any atom is -0.508 e. The molecule has 1 fully saturated rings. The number of hydrogen-bond donors (Lipinski definition) is 1. The van der Waals surface area contributed by atoms with Gasteiger partial charge >= 0.3 is 0 Å². The SMILES string of the molecule is CN(C)C1CCN(C(=O)c2ccc(O)cc2F)CC1. The predicted octanol–water partition coefficient (Wildman–Crippen LogP) is 1.70. The van der Waals surface area contributed by atoms with Crippen LogP contribution in [0.25, 0.3) is 0 Å². The highest BCUT2D eigenvalue weighted by Crippen LogP contribution is 2.20. The van der Waals surface area contributed by atoms with Gasteiger partial charge in [-0.15, -0.1) is 0 Å². The number of likely N-dealkylation sites (tertiary alicyclic amines) is 1. The van der Waals surface area contributed by atoms with Crippen LogP contribution < -0.4 is 0 Å². The second kappa shape index (κ2) is 5.57. The summed E-state index contributed by atoms with van der Waals surface area (Å²) in [6, 6.07) is 4.13. The van der Waals surface area contributed by atoms with Gasteiger partial charge in [0.2, 0.25) is 0 Å². The van der Waals surface area contributed by atoms with Crippen molar-refractivity contribution in [3.05, 3.63) is 29.6 Å². The lowest BCUT2D eigenvalue weighted by molar-refractivity contribution is 0.0658. The van der Waals surface area contributed by atoms with Gasteiger partial charge in [0.05, 0.1) is 5.56 Å². The molecule has 104 valence electrons. The Hall–Kier alpha value is -1.62. The van der Waals surface area contributed by atoms with Crippen LogP contribution in [0.4, 0.5) is 4.39 Å². The molecule has 0 atom stereocenters. The molecular weight excluding hydrogens is 247 g/mol. The average Bonchev–Trinajstić information content (AvgIpc) is 2.38. The highest BCUT2D eigenvalue weighted by molar-refractivity contribution is 5.94. The van der Waals surface area contributed by atoms with Gasteiger partial charge in [-0.1, -0.05) is 0 Å². The van der Waals surface area contributed by atoms with Crippen molar-refractivity contribution in [2.45, 2.75) is 18.9 Å². The second-order valence-electron chi connectivity index (χ2n) is 5.15. The van der Waals surface area contributed by atoms with Gasteiger partial charge in [0.15, 0.2) is 0 Å². The van der Waals surface area contributed by atoms with Crippen LogP contribution in [0.2, 0.25) is 0 Å². The number of phenols is 1. The molecule has 1 N–H and O–H groups in total. The lowest BCUT2D eigenvalue weighted by Gasteiger charge is -2.35. The molecule has 0 aromatic heterocycles. The Morgan fingerprint density at radius 1 is 1.37 bits per heavy atom.